The first-order valence-electron chi connectivity index (χ1n) is 7.80. The van der Waals surface area contributed by atoms with Crippen LogP contribution in [0, 0.1) is 0 Å². The smallest absolute Gasteiger partial charge is 0.0641 e. The van der Waals surface area contributed by atoms with Gasteiger partial charge in [0, 0.05) is 24.4 Å². The molecule has 1 saturated carbocycles. The minimum Gasteiger partial charge on any atom is -0.271 e. The Kier molecular flexibility index (Phi) is 6.39. The highest BCUT2D eigenvalue weighted by atomic mass is 32.2. The number of hydrogen-bond donors (Lipinski definition) is 2. The van der Waals surface area contributed by atoms with Crippen molar-refractivity contribution in [2.24, 2.45) is 5.84 Å². The van der Waals surface area contributed by atoms with Gasteiger partial charge >= 0.3 is 0 Å². The number of nitrogens with two attached hydrogens (primary N) is 1. The van der Waals surface area contributed by atoms with E-state index in [4.69, 9.17) is 10.9 Å². The van der Waals surface area contributed by atoms with Gasteiger partial charge in [-0.05, 0) is 24.2 Å². The van der Waals surface area contributed by atoms with Crippen molar-refractivity contribution in [1.82, 2.24) is 15.2 Å². The maximum absolute atomic E-state index is 5.66. The Morgan fingerprint density at radius 3 is 2.80 bits per heavy atom. The predicted molar refractivity (Wildman–Crippen MR) is 86.8 cm³/mol. The second kappa shape index (κ2) is 8.05. The first-order valence-corrected chi connectivity index (χ1v) is 8.85. The third-order valence-corrected chi connectivity index (χ3v) is 5.20. The molecule has 3 N–H and O–H groups in total. The van der Waals surface area contributed by atoms with Crippen molar-refractivity contribution in [2.45, 2.75) is 69.7 Å². The van der Waals surface area contributed by atoms with E-state index in [-0.39, 0.29) is 0 Å². The predicted octanol–water partition coefficient (Wildman–Crippen LogP) is 2.90. The van der Waals surface area contributed by atoms with Crippen LogP contribution in [0.15, 0.2) is 12.3 Å². The van der Waals surface area contributed by atoms with Gasteiger partial charge in [0.15, 0.2) is 0 Å². The van der Waals surface area contributed by atoms with E-state index in [1.165, 1.54) is 32.1 Å². The quantitative estimate of drug-likeness (QED) is 0.600. The normalized spacial score (nSPS) is 18.6. The number of thioether (sulfide) groups is 1. The van der Waals surface area contributed by atoms with Crippen LogP contribution in [0.2, 0.25) is 0 Å². The molecule has 1 atom stereocenters. The summed E-state index contributed by atoms with van der Waals surface area (Å²) in [5.41, 5.74) is 4.08. The van der Waals surface area contributed by atoms with Crippen LogP contribution in [0.25, 0.3) is 0 Å². The van der Waals surface area contributed by atoms with Crippen molar-refractivity contribution < 1.29 is 0 Å². The van der Waals surface area contributed by atoms with Crippen LogP contribution >= 0.6 is 11.8 Å². The molecule has 1 aromatic heterocycles. The van der Waals surface area contributed by atoms with Crippen molar-refractivity contribution in [1.29, 1.82) is 0 Å². The Balaban J connectivity index is 1.87. The molecule has 1 aromatic rings. The van der Waals surface area contributed by atoms with E-state index in [2.05, 4.69) is 36.2 Å². The summed E-state index contributed by atoms with van der Waals surface area (Å²) in [7, 11) is 0. The van der Waals surface area contributed by atoms with Gasteiger partial charge in [-0.15, -0.1) is 0 Å². The van der Waals surface area contributed by atoms with Crippen molar-refractivity contribution >= 4 is 11.8 Å². The third-order valence-electron chi connectivity index (χ3n) is 3.93. The lowest BCUT2D eigenvalue weighted by Crippen LogP contribution is -2.39. The maximum Gasteiger partial charge on any atom is 0.0641 e. The summed E-state index contributed by atoms with van der Waals surface area (Å²) in [6.45, 7) is 4.44. The summed E-state index contributed by atoms with van der Waals surface area (Å²) in [4.78, 5) is 0. The molecular formula is C15H28N4S. The van der Waals surface area contributed by atoms with Gasteiger partial charge in [-0.1, -0.05) is 33.1 Å². The summed E-state index contributed by atoms with van der Waals surface area (Å²) in [6.07, 6.45) is 9.70. The molecule has 20 heavy (non-hydrogen) atoms. The zero-order chi connectivity index (χ0) is 14.4. The van der Waals surface area contributed by atoms with Crippen LogP contribution in [0.1, 0.15) is 57.7 Å². The monoisotopic (exact) mass is 296 g/mol. The molecule has 0 spiro atoms. The minimum absolute atomic E-state index is 0.303. The van der Waals surface area contributed by atoms with Crippen LogP contribution in [-0.4, -0.2) is 26.8 Å². The first-order chi connectivity index (χ1) is 9.69. The van der Waals surface area contributed by atoms with E-state index in [1.54, 1.807) is 0 Å². The van der Waals surface area contributed by atoms with Gasteiger partial charge in [-0.25, -0.2) is 0 Å². The molecule has 114 valence electrons. The maximum atomic E-state index is 5.66. The second-order valence-electron chi connectivity index (χ2n) is 6.03. The zero-order valence-corrected chi connectivity index (χ0v) is 13.5. The van der Waals surface area contributed by atoms with E-state index >= 15 is 0 Å². The lowest BCUT2D eigenvalue weighted by atomic mass is 9.96. The van der Waals surface area contributed by atoms with Crippen molar-refractivity contribution in [3.8, 4) is 0 Å². The Hall–Kier alpha value is -0.520. The number of hydrazine groups is 1. The molecule has 0 aromatic carbocycles. The average molecular weight is 296 g/mol. The van der Waals surface area contributed by atoms with Crippen LogP contribution in [0.4, 0.5) is 0 Å². The molecule has 2 rings (SSSR count). The zero-order valence-electron chi connectivity index (χ0n) is 12.7. The van der Waals surface area contributed by atoms with Crippen LogP contribution < -0.4 is 11.3 Å². The molecule has 1 heterocycles. The van der Waals surface area contributed by atoms with Crippen LogP contribution in [-0.2, 0) is 6.42 Å². The largest absolute Gasteiger partial charge is 0.271 e. The molecule has 1 aliphatic rings. The molecule has 1 fully saturated rings. The molecule has 0 saturated heterocycles. The van der Waals surface area contributed by atoms with Crippen molar-refractivity contribution in [2.75, 3.05) is 5.75 Å². The summed E-state index contributed by atoms with van der Waals surface area (Å²) >= 11 is 1.94. The Labute approximate surface area is 126 Å². The van der Waals surface area contributed by atoms with E-state index in [0.29, 0.717) is 17.3 Å². The van der Waals surface area contributed by atoms with E-state index in [1.807, 2.05) is 11.8 Å². The number of aromatic nitrogens is 2. The summed E-state index contributed by atoms with van der Waals surface area (Å²) in [6, 6.07) is 3.07. The topological polar surface area (TPSA) is 55.9 Å². The number of nitrogens with zero attached hydrogens (tertiary/aromatic N) is 2. The van der Waals surface area contributed by atoms with Crippen LogP contribution in [0.5, 0.6) is 0 Å². The summed E-state index contributed by atoms with van der Waals surface area (Å²) < 4.78 is 2.18. The molecule has 5 heteroatoms. The molecule has 0 radical (unpaired) electrons. The fourth-order valence-electron chi connectivity index (χ4n) is 2.76. The lowest BCUT2D eigenvalue weighted by Gasteiger charge is -2.22. The summed E-state index contributed by atoms with van der Waals surface area (Å²) in [5, 5.41) is 5.40. The number of rotatable bonds is 7. The standard InChI is InChI=1S/C15H28N4S/c1-12(2)20-11-14(17-16)10-13-8-9-19(18-13)15-6-4-3-5-7-15/h8-9,12,14-15,17H,3-7,10-11,16H2,1-2H3. The fourth-order valence-corrected chi connectivity index (χ4v) is 3.59. The highest BCUT2D eigenvalue weighted by Crippen LogP contribution is 2.27. The van der Waals surface area contributed by atoms with Crippen LogP contribution in [0.3, 0.4) is 0 Å². The number of hydrogen-bond acceptors (Lipinski definition) is 4. The van der Waals surface area contributed by atoms with Gasteiger partial charge < -0.3 is 0 Å². The highest BCUT2D eigenvalue weighted by Gasteiger charge is 2.17. The van der Waals surface area contributed by atoms with Gasteiger partial charge in [0.1, 0.15) is 0 Å². The summed E-state index contributed by atoms with van der Waals surface area (Å²) in [5.74, 6) is 6.69. The number of nitrogens with one attached hydrogen (secondary N) is 1. The van der Waals surface area contributed by atoms with Gasteiger partial charge in [0.2, 0.25) is 0 Å². The minimum atomic E-state index is 0.303. The molecule has 0 aliphatic heterocycles. The van der Waals surface area contributed by atoms with Crippen molar-refractivity contribution in [3.05, 3.63) is 18.0 Å². The highest BCUT2D eigenvalue weighted by molar-refractivity contribution is 7.99. The van der Waals surface area contributed by atoms with Gasteiger partial charge in [0.05, 0.1) is 11.7 Å². The second-order valence-corrected chi connectivity index (χ2v) is 7.64. The van der Waals surface area contributed by atoms with E-state index < -0.39 is 0 Å². The SMILES string of the molecule is CC(C)SCC(Cc1ccn(C2CCCCC2)n1)NN. The molecular weight excluding hydrogens is 268 g/mol. The average Bonchev–Trinajstić information content (AvgIpc) is 2.92. The molecule has 1 unspecified atom stereocenters. The Bertz CT molecular complexity index is 385. The first kappa shape index (κ1) is 15.9. The molecule has 4 nitrogen and oxygen atoms in total. The van der Waals surface area contributed by atoms with Gasteiger partial charge in [-0.3, -0.25) is 16.0 Å². The van der Waals surface area contributed by atoms with Crippen molar-refractivity contribution in [3.63, 3.8) is 0 Å². The Morgan fingerprint density at radius 1 is 1.40 bits per heavy atom. The van der Waals surface area contributed by atoms with E-state index in [9.17, 15) is 0 Å². The molecule has 1 aliphatic carbocycles. The van der Waals surface area contributed by atoms with Gasteiger partial charge in [0.25, 0.3) is 0 Å². The van der Waals surface area contributed by atoms with E-state index in [0.717, 1.165) is 17.9 Å². The fraction of sp³-hybridized carbons (Fsp3) is 0.800. The third kappa shape index (κ3) is 4.79. The van der Waals surface area contributed by atoms with Gasteiger partial charge in [-0.2, -0.15) is 16.9 Å². The molecule has 0 amide bonds. The Morgan fingerprint density at radius 2 is 2.15 bits per heavy atom. The molecule has 0 bridgehead atoms. The lowest BCUT2D eigenvalue weighted by molar-refractivity contribution is 0.327.